The van der Waals surface area contributed by atoms with E-state index in [0.29, 0.717) is 18.2 Å². The second kappa shape index (κ2) is 8.63. The van der Waals surface area contributed by atoms with E-state index in [1.54, 1.807) is 18.3 Å². The molecule has 0 spiro atoms. The fourth-order valence-corrected chi connectivity index (χ4v) is 2.71. The first-order valence-corrected chi connectivity index (χ1v) is 9.06. The van der Waals surface area contributed by atoms with E-state index in [1.807, 2.05) is 60.7 Å². The third-order valence-corrected chi connectivity index (χ3v) is 4.20. The molecule has 0 aliphatic heterocycles. The number of anilines is 1. The summed E-state index contributed by atoms with van der Waals surface area (Å²) in [5, 5.41) is 12.5. The maximum atomic E-state index is 9.28. The fourth-order valence-electron chi connectivity index (χ4n) is 2.71. The Kier molecular flexibility index (Phi) is 5.40. The van der Waals surface area contributed by atoms with Gasteiger partial charge in [0.1, 0.15) is 17.4 Å². The molecule has 140 valence electrons. The van der Waals surface area contributed by atoms with E-state index in [2.05, 4.69) is 26.3 Å². The Hall–Kier alpha value is -4.24. The maximum Gasteiger partial charge on any atom is 0.242 e. The van der Waals surface area contributed by atoms with Crippen molar-refractivity contribution < 1.29 is 4.74 Å². The molecule has 0 unspecified atom stereocenters. The van der Waals surface area contributed by atoms with Gasteiger partial charge in [-0.15, -0.1) is 0 Å². The minimum atomic E-state index is 0.224. The van der Waals surface area contributed by atoms with E-state index in [1.165, 1.54) is 6.20 Å². The summed E-state index contributed by atoms with van der Waals surface area (Å²) in [6, 6.07) is 25.2. The van der Waals surface area contributed by atoms with Gasteiger partial charge >= 0.3 is 0 Å². The topological polar surface area (TPSA) is 83.7 Å². The van der Waals surface area contributed by atoms with Gasteiger partial charge in [-0.2, -0.15) is 10.2 Å². The zero-order chi connectivity index (χ0) is 19.9. The monoisotopic (exact) mass is 379 g/mol. The number of pyridine rings is 1. The van der Waals surface area contributed by atoms with Crippen LogP contribution >= 0.6 is 0 Å². The first-order valence-electron chi connectivity index (χ1n) is 9.06. The van der Waals surface area contributed by atoms with Crippen LogP contribution in [0.4, 0.5) is 5.95 Å². The molecular formula is C23H17N5O. The normalized spacial score (nSPS) is 10.2. The maximum absolute atomic E-state index is 9.28. The van der Waals surface area contributed by atoms with Gasteiger partial charge in [-0.3, -0.25) is 4.98 Å². The predicted molar refractivity (Wildman–Crippen MR) is 110 cm³/mol. The lowest BCUT2D eigenvalue weighted by molar-refractivity contribution is 0.460. The zero-order valence-corrected chi connectivity index (χ0v) is 15.5. The number of para-hydroxylation sites is 1. The molecule has 0 radical (unpaired) electrons. The Morgan fingerprint density at radius 1 is 0.897 bits per heavy atom. The number of hydrogen-bond acceptors (Lipinski definition) is 6. The third kappa shape index (κ3) is 4.54. The highest BCUT2D eigenvalue weighted by Gasteiger charge is 2.09. The molecule has 29 heavy (non-hydrogen) atoms. The lowest BCUT2D eigenvalue weighted by Gasteiger charge is -2.09. The van der Waals surface area contributed by atoms with Gasteiger partial charge in [-0.25, -0.2) is 4.98 Å². The molecule has 0 atom stereocenters. The van der Waals surface area contributed by atoms with Crippen LogP contribution in [-0.2, 0) is 6.54 Å². The van der Waals surface area contributed by atoms with E-state index >= 15 is 0 Å². The summed E-state index contributed by atoms with van der Waals surface area (Å²) < 4.78 is 5.74. The van der Waals surface area contributed by atoms with Crippen molar-refractivity contribution in [1.82, 2.24) is 15.0 Å². The van der Waals surface area contributed by atoms with E-state index in [-0.39, 0.29) is 11.4 Å². The quantitative estimate of drug-likeness (QED) is 0.517. The Bertz CT molecular complexity index is 1120. The summed E-state index contributed by atoms with van der Waals surface area (Å²) >= 11 is 0. The predicted octanol–water partition coefficient (Wildman–Crippen LogP) is 4.81. The lowest BCUT2D eigenvalue weighted by Crippen LogP contribution is -2.05. The van der Waals surface area contributed by atoms with Crippen molar-refractivity contribution in [2.45, 2.75) is 6.54 Å². The summed E-state index contributed by atoms with van der Waals surface area (Å²) in [7, 11) is 0. The van der Waals surface area contributed by atoms with Crippen molar-refractivity contribution in [1.29, 1.82) is 5.26 Å². The second-order valence-corrected chi connectivity index (χ2v) is 6.20. The Balaban J connectivity index is 1.46. The highest BCUT2D eigenvalue weighted by molar-refractivity contribution is 5.59. The third-order valence-electron chi connectivity index (χ3n) is 4.20. The molecule has 0 saturated carbocycles. The molecular weight excluding hydrogens is 362 g/mol. The number of hydrogen-bond donors (Lipinski definition) is 1. The van der Waals surface area contributed by atoms with Crippen LogP contribution in [0.15, 0.2) is 85.2 Å². The number of nitriles is 1. The van der Waals surface area contributed by atoms with Crippen molar-refractivity contribution in [3.63, 3.8) is 0 Å². The largest absolute Gasteiger partial charge is 0.438 e. The number of nitrogens with one attached hydrogen (secondary N) is 1. The van der Waals surface area contributed by atoms with Crippen LogP contribution in [0.3, 0.4) is 0 Å². The smallest absolute Gasteiger partial charge is 0.242 e. The first-order chi connectivity index (χ1) is 14.3. The number of rotatable bonds is 6. The molecule has 1 N–H and O–H groups in total. The van der Waals surface area contributed by atoms with Gasteiger partial charge in [0.05, 0.1) is 11.9 Å². The van der Waals surface area contributed by atoms with Crippen molar-refractivity contribution in [2.24, 2.45) is 0 Å². The van der Waals surface area contributed by atoms with Gasteiger partial charge in [0.2, 0.25) is 11.8 Å². The second-order valence-electron chi connectivity index (χ2n) is 6.20. The minimum Gasteiger partial charge on any atom is -0.438 e. The molecule has 0 aliphatic rings. The van der Waals surface area contributed by atoms with Crippen molar-refractivity contribution in [3.05, 3.63) is 96.3 Å². The molecule has 0 fully saturated rings. The van der Waals surface area contributed by atoms with Gasteiger partial charge in [0.25, 0.3) is 0 Å². The van der Waals surface area contributed by atoms with E-state index in [0.717, 1.165) is 16.8 Å². The molecule has 4 aromatic rings. The SMILES string of the molecule is N#Cc1cnc(NCc2ccc(-c3ccccn3)cc2)nc1Oc1ccccc1. The Labute approximate surface area is 168 Å². The van der Waals surface area contributed by atoms with Crippen molar-refractivity contribution in [3.8, 4) is 29.0 Å². The van der Waals surface area contributed by atoms with E-state index in [4.69, 9.17) is 4.74 Å². The molecule has 0 bridgehead atoms. The molecule has 2 aromatic heterocycles. The summed E-state index contributed by atoms with van der Waals surface area (Å²) in [5.74, 6) is 1.23. The van der Waals surface area contributed by atoms with Crippen LogP contribution in [0.25, 0.3) is 11.3 Å². The average molecular weight is 379 g/mol. The number of aromatic nitrogens is 3. The van der Waals surface area contributed by atoms with Crippen LogP contribution in [0.5, 0.6) is 11.6 Å². The van der Waals surface area contributed by atoms with Crippen LogP contribution in [-0.4, -0.2) is 15.0 Å². The van der Waals surface area contributed by atoms with Crippen molar-refractivity contribution >= 4 is 5.95 Å². The first kappa shape index (κ1) is 18.1. The van der Waals surface area contributed by atoms with Gasteiger partial charge in [-0.1, -0.05) is 48.5 Å². The van der Waals surface area contributed by atoms with Crippen LogP contribution < -0.4 is 10.1 Å². The van der Waals surface area contributed by atoms with Gasteiger partial charge in [0, 0.05) is 18.3 Å². The van der Waals surface area contributed by atoms with E-state index < -0.39 is 0 Å². The Morgan fingerprint density at radius 2 is 1.69 bits per heavy atom. The highest BCUT2D eigenvalue weighted by Crippen LogP contribution is 2.23. The highest BCUT2D eigenvalue weighted by atomic mass is 16.5. The summed E-state index contributed by atoms with van der Waals surface area (Å²) in [4.78, 5) is 12.9. The lowest BCUT2D eigenvalue weighted by atomic mass is 10.1. The Morgan fingerprint density at radius 3 is 2.41 bits per heavy atom. The molecule has 0 aliphatic carbocycles. The van der Waals surface area contributed by atoms with Gasteiger partial charge in [0.15, 0.2) is 0 Å². The minimum absolute atomic E-state index is 0.224. The molecule has 0 saturated heterocycles. The van der Waals surface area contributed by atoms with Gasteiger partial charge < -0.3 is 10.1 Å². The molecule has 6 nitrogen and oxygen atoms in total. The van der Waals surface area contributed by atoms with Crippen LogP contribution in [0, 0.1) is 11.3 Å². The summed E-state index contributed by atoms with van der Waals surface area (Å²) in [6.45, 7) is 0.541. The van der Waals surface area contributed by atoms with E-state index in [9.17, 15) is 5.26 Å². The van der Waals surface area contributed by atoms with Crippen LogP contribution in [0.1, 0.15) is 11.1 Å². The zero-order valence-electron chi connectivity index (χ0n) is 15.5. The molecule has 6 heteroatoms. The fraction of sp³-hybridized carbons (Fsp3) is 0.0435. The summed E-state index contributed by atoms with van der Waals surface area (Å²) in [6.07, 6.45) is 3.24. The number of ether oxygens (including phenoxy) is 1. The van der Waals surface area contributed by atoms with Crippen LogP contribution in [0.2, 0.25) is 0 Å². The molecule has 0 amide bonds. The van der Waals surface area contributed by atoms with Crippen molar-refractivity contribution in [2.75, 3.05) is 5.32 Å². The molecule has 2 aromatic carbocycles. The molecule has 4 rings (SSSR count). The number of nitrogens with zero attached hydrogens (tertiary/aromatic N) is 4. The average Bonchev–Trinajstić information content (AvgIpc) is 2.79. The standard InChI is InChI=1S/C23H17N5O/c24-14-19-16-27-23(28-22(19)29-20-6-2-1-3-7-20)26-15-17-9-11-18(12-10-17)21-8-4-5-13-25-21/h1-13,16H,15H2,(H,26,27,28). The summed E-state index contributed by atoms with van der Waals surface area (Å²) in [5.41, 5.74) is 3.34. The van der Waals surface area contributed by atoms with Gasteiger partial charge in [-0.05, 0) is 29.8 Å². The number of benzene rings is 2. The molecule has 2 heterocycles.